The maximum absolute atomic E-state index is 12.9. The second-order valence-corrected chi connectivity index (χ2v) is 5.41. The summed E-state index contributed by atoms with van der Waals surface area (Å²) in [7, 11) is 0. The van der Waals surface area contributed by atoms with Crippen molar-refractivity contribution < 1.29 is 13.8 Å². The van der Waals surface area contributed by atoms with Crippen LogP contribution in [-0.2, 0) is 11.4 Å². The van der Waals surface area contributed by atoms with E-state index in [1.165, 1.54) is 12.1 Å². The molecule has 0 atom stereocenters. The first-order valence-corrected chi connectivity index (χ1v) is 7.50. The van der Waals surface area contributed by atoms with Crippen LogP contribution in [0.3, 0.4) is 0 Å². The van der Waals surface area contributed by atoms with Crippen molar-refractivity contribution in [3.8, 4) is 11.4 Å². The predicted molar refractivity (Wildman–Crippen MR) is 88.1 cm³/mol. The number of hydrogen-bond acceptors (Lipinski definition) is 5. The zero-order chi connectivity index (χ0) is 16.9. The lowest BCUT2D eigenvalue weighted by molar-refractivity contribution is 0.105. The lowest BCUT2D eigenvalue weighted by Gasteiger charge is -2.00. The van der Waals surface area contributed by atoms with Crippen molar-refractivity contribution in [1.29, 1.82) is 0 Å². The highest BCUT2D eigenvalue weighted by atomic mass is 35.5. The number of hydrogen-bond donors (Lipinski definition) is 0. The fraction of sp³-hybridized carbons (Fsp3) is 0.118. The molecule has 0 saturated heterocycles. The Morgan fingerprint density at radius 2 is 1.88 bits per heavy atom. The van der Waals surface area contributed by atoms with Crippen LogP contribution in [-0.4, -0.2) is 15.9 Å². The molecule has 122 valence electrons. The second kappa shape index (κ2) is 7.23. The topological polar surface area (TPSA) is 60.5 Å². The molecular formula is C17H13ClFN3O2. The molecule has 7 heteroatoms. The third kappa shape index (κ3) is 3.97. The molecule has 0 bridgehead atoms. The van der Waals surface area contributed by atoms with Gasteiger partial charge in [0.1, 0.15) is 5.82 Å². The summed E-state index contributed by atoms with van der Waals surface area (Å²) in [5.74, 6) is 0.452. The summed E-state index contributed by atoms with van der Waals surface area (Å²) in [4.78, 5) is 9.44. The van der Waals surface area contributed by atoms with Crippen LogP contribution in [0.25, 0.3) is 11.4 Å². The Morgan fingerprint density at radius 3 is 2.58 bits per heavy atom. The van der Waals surface area contributed by atoms with Gasteiger partial charge in [-0.1, -0.05) is 34.0 Å². The van der Waals surface area contributed by atoms with Gasteiger partial charge in [0.05, 0.1) is 5.71 Å². The van der Waals surface area contributed by atoms with Crippen LogP contribution in [0, 0.1) is 5.82 Å². The van der Waals surface area contributed by atoms with Crippen LogP contribution in [0.5, 0.6) is 0 Å². The van der Waals surface area contributed by atoms with Gasteiger partial charge in [-0.2, -0.15) is 4.98 Å². The minimum atomic E-state index is -0.298. The Labute approximate surface area is 142 Å². The molecule has 1 heterocycles. The van der Waals surface area contributed by atoms with E-state index in [4.69, 9.17) is 21.0 Å². The van der Waals surface area contributed by atoms with Crippen LogP contribution in [0.4, 0.5) is 4.39 Å². The molecule has 0 aliphatic carbocycles. The number of nitrogens with zero attached hydrogens (tertiary/aromatic N) is 3. The van der Waals surface area contributed by atoms with E-state index in [1.807, 2.05) is 0 Å². The summed E-state index contributed by atoms with van der Waals surface area (Å²) in [6.07, 6.45) is 0. The zero-order valence-corrected chi connectivity index (χ0v) is 13.5. The Hall–Kier alpha value is -2.73. The maximum atomic E-state index is 12.9. The van der Waals surface area contributed by atoms with Crippen molar-refractivity contribution in [1.82, 2.24) is 10.1 Å². The lowest BCUT2D eigenvalue weighted by atomic mass is 10.1. The highest BCUT2D eigenvalue weighted by Crippen LogP contribution is 2.18. The standard InChI is InChI=1S/C17H13ClFN3O2/c1-11(12-4-8-15(19)9-5-12)21-23-10-16-20-17(22-24-16)13-2-6-14(18)7-3-13/h2-9H,10H2,1H3/b21-11+. The summed E-state index contributed by atoms with van der Waals surface area (Å²) in [6, 6.07) is 13.1. The highest BCUT2D eigenvalue weighted by molar-refractivity contribution is 6.30. The Kier molecular flexibility index (Phi) is 4.86. The summed E-state index contributed by atoms with van der Waals surface area (Å²) in [5, 5.41) is 8.48. The van der Waals surface area contributed by atoms with Gasteiger partial charge in [0.25, 0.3) is 5.89 Å². The summed E-state index contributed by atoms with van der Waals surface area (Å²) in [6.45, 7) is 1.80. The van der Waals surface area contributed by atoms with Gasteiger partial charge in [-0.05, 0) is 48.9 Å². The molecule has 0 spiro atoms. The molecule has 0 fully saturated rings. The number of rotatable bonds is 5. The summed E-state index contributed by atoms with van der Waals surface area (Å²) >= 11 is 5.84. The average molecular weight is 346 g/mol. The van der Waals surface area contributed by atoms with E-state index in [-0.39, 0.29) is 12.4 Å². The van der Waals surface area contributed by atoms with Crippen molar-refractivity contribution in [2.24, 2.45) is 5.16 Å². The molecule has 0 aliphatic heterocycles. The predicted octanol–water partition coefficient (Wildman–Crippen LogP) is 4.47. The van der Waals surface area contributed by atoms with Gasteiger partial charge < -0.3 is 9.36 Å². The van der Waals surface area contributed by atoms with E-state index in [9.17, 15) is 4.39 Å². The molecule has 1 aromatic heterocycles. The van der Waals surface area contributed by atoms with Crippen LogP contribution < -0.4 is 0 Å². The zero-order valence-electron chi connectivity index (χ0n) is 12.7. The van der Waals surface area contributed by atoms with E-state index >= 15 is 0 Å². The third-order valence-corrected chi connectivity index (χ3v) is 3.47. The molecule has 0 unspecified atom stereocenters. The number of oxime groups is 1. The van der Waals surface area contributed by atoms with Crippen molar-refractivity contribution in [3.63, 3.8) is 0 Å². The molecular weight excluding hydrogens is 333 g/mol. The van der Waals surface area contributed by atoms with Crippen LogP contribution in [0.1, 0.15) is 18.4 Å². The number of halogens is 2. The minimum absolute atomic E-state index is 0.0408. The Balaban J connectivity index is 1.62. The van der Waals surface area contributed by atoms with Gasteiger partial charge in [0.15, 0.2) is 6.61 Å². The molecule has 0 saturated carbocycles. The van der Waals surface area contributed by atoms with Gasteiger partial charge >= 0.3 is 0 Å². The molecule has 2 aromatic carbocycles. The van der Waals surface area contributed by atoms with Crippen LogP contribution >= 0.6 is 11.6 Å². The van der Waals surface area contributed by atoms with Crippen molar-refractivity contribution in [2.75, 3.05) is 0 Å². The van der Waals surface area contributed by atoms with Crippen molar-refractivity contribution in [2.45, 2.75) is 13.5 Å². The fourth-order valence-corrected chi connectivity index (χ4v) is 2.08. The largest absolute Gasteiger partial charge is 0.385 e. The first-order chi connectivity index (χ1) is 11.6. The summed E-state index contributed by atoms with van der Waals surface area (Å²) < 4.78 is 18.0. The van der Waals surface area contributed by atoms with E-state index in [0.29, 0.717) is 22.4 Å². The van der Waals surface area contributed by atoms with Gasteiger partial charge in [-0.25, -0.2) is 4.39 Å². The molecule has 0 radical (unpaired) electrons. The van der Waals surface area contributed by atoms with Gasteiger partial charge in [-0.15, -0.1) is 0 Å². The molecule has 0 aliphatic rings. The van der Waals surface area contributed by atoms with Crippen LogP contribution in [0.15, 0.2) is 58.2 Å². The fourth-order valence-electron chi connectivity index (χ4n) is 1.96. The number of aromatic nitrogens is 2. The third-order valence-electron chi connectivity index (χ3n) is 3.22. The van der Waals surface area contributed by atoms with Gasteiger partial charge in [0, 0.05) is 10.6 Å². The van der Waals surface area contributed by atoms with Crippen molar-refractivity contribution >= 4 is 17.3 Å². The van der Waals surface area contributed by atoms with E-state index in [1.54, 1.807) is 43.3 Å². The highest BCUT2D eigenvalue weighted by Gasteiger charge is 2.09. The average Bonchev–Trinajstić information content (AvgIpc) is 3.05. The SMILES string of the molecule is C/C(=N\OCc1nc(-c2ccc(Cl)cc2)no1)c1ccc(F)cc1. The lowest BCUT2D eigenvalue weighted by Crippen LogP contribution is -1.97. The quantitative estimate of drug-likeness (QED) is 0.505. The Morgan fingerprint density at radius 1 is 1.17 bits per heavy atom. The normalized spacial score (nSPS) is 11.5. The van der Waals surface area contributed by atoms with Gasteiger partial charge in [0.2, 0.25) is 5.82 Å². The summed E-state index contributed by atoms with van der Waals surface area (Å²) in [5.41, 5.74) is 2.18. The van der Waals surface area contributed by atoms with Crippen molar-refractivity contribution in [3.05, 3.63) is 70.8 Å². The van der Waals surface area contributed by atoms with Crippen LogP contribution in [0.2, 0.25) is 5.02 Å². The molecule has 24 heavy (non-hydrogen) atoms. The Bertz CT molecular complexity index is 845. The van der Waals surface area contributed by atoms with E-state index in [0.717, 1.165) is 11.1 Å². The van der Waals surface area contributed by atoms with E-state index < -0.39 is 0 Å². The first-order valence-electron chi connectivity index (χ1n) is 7.13. The maximum Gasteiger partial charge on any atom is 0.267 e. The van der Waals surface area contributed by atoms with E-state index in [2.05, 4.69) is 15.3 Å². The number of benzene rings is 2. The minimum Gasteiger partial charge on any atom is -0.385 e. The second-order valence-electron chi connectivity index (χ2n) is 4.98. The monoisotopic (exact) mass is 345 g/mol. The molecule has 3 aromatic rings. The molecule has 3 rings (SSSR count). The molecule has 0 N–H and O–H groups in total. The van der Waals surface area contributed by atoms with Gasteiger partial charge in [-0.3, -0.25) is 0 Å². The smallest absolute Gasteiger partial charge is 0.267 e. The first kappa shape index (κ1) is 16.1. The molecule has 0 amide bonds. The molecule has 5 nitrogen and oxygen atoms in total.